The van der Waals surface area contributed by atoms with E-state index < -0.39 is 23.7 Å². The summed E-state index contributed by atoms with van der Waals surface area (Å²) in [7, 11) is 1.15. The first-order valence-electron chi connectivity index (χ1n) is 10.2. The minimum Gasteiger partial charge on any atom is -0.463 e. The van der Waals surface area contributed by atoms with E-state index in [0.717, 1.165) is 36.9 Å². The molecule has 1 aliphatic rings. The van der Waals surface area contributed by atoms with E-state index in [1.54, 1.807) is 10.7 Å². The van der Waals surface area contributed by atoms with Crippen LogP contribution >= 0.6 is 0 Å². The average molecular weight is 417 g/mol. The van der Waals surface area contributed by atoms with E-state index in [1.165, 1.54) is 0 Å². The average Bonchev–Trinajstić information content (AvgIpc) is 3.56. The maximum Gasteiger partial charge on any atom is 0.376 e. The smallest absolute Gasteiger partial charge is 0.376 e. The van der Waals surface area contributed by atoms with Crippen molar-refractivity contribution in [2.75, 3.05) is 7.11 Å². The van der Waals surface area contributed by atoms with Gasteiger partial charge in [0.2, 0.25) is 0 Å². The topological polar surface area (TPSA) is 90.3 Å². The molecular weight excluding hydrogens is 394 g/mol. The Morgan fingerprint density at radius 3 is 2.32 bits per heavy atom. The van der Waals surface area contributed by atoms with E-state index in [-0.39, 0.29) is 6.42 Å². The number of aromatic nitrogens is 2. The quantitative estimate of drug-likeness (QED) is 0.450. The van der Waals surface area contributed by atoms with Gasteiger partial charge < -0.3 is 10.1 Å². The van der Waals surface area contributed by atoms with Crippen molar-refractivity contribution in [3.8, 4) is 5.69 Å². The number of amides is 1. The lowest BCUT2D eigenvalue weighted by Gasteiger charge is -2.17. The Morgan fingerprint density at radius 2 is 1.71 bits per heavy atom. The molecule has 1 aliphatic carbocycles. The van der Waals surface area contributed by atoms with Gasteiger partial charge in [0.15, 0.2) is 0 Å². The summed E-state index contributed by atoms with van der Waals surface area (Å²) >= 11 is 0. The van der Waals surface area contributed by atoms with Gasteiger partial charge in [-0.05, 0) is 36.6 Å². The van der Waals surface area contributed by atoms with Crippen molar-refractivity contribution in [3.05, 3.63) is 83.7 Å². The number of methoxy groups -OCH3 is 1. The number of nitrogens with zero attached hydrogens (tertiary/aromatic N) is 2. The molecule has 31 heavy (non-hydrogen) atoms. The molecule has 1 unspecified atom stereocenters. The number of hydrogen-bond donors (Lipinski definition) is 1. The number of ether oxygens (including phenoxy) is 1. The van der Waals surface area contributed by atoms with Crippen molar-refractivity contribution in [2.45, 2.75) is 31.2 Å². The number of ketones is 1. The molecule has 1 aromatic heterocycles. The van der Waals surface area contributed by atoms with Crippen molar-refractivity contribution in [2.24, 2.45) is 0 Å². The molecule has 0 spiro atoms. The van der Waals surface area contributed by atoms with Gasteiger partial charge in [0.1, 0.15) is 11.7 Å². The lowest BCUT2D eigenvalue weighted by molar-refractivity contribution is -0.152. The number of rotatable bonds is 8. The van der Waals surface area contributed by atoms with Gasteiger partial charge in [0, 0.05) is 12.3 Å². The Balaban J connectivity index is 1.63. The van der Waals surface area contributed by atoms with Crippen molar-refractivity contribution in [3.63, 3.8) is 0 Å². The van der Waals surface area contributed by atoms with E-state index in [0.29, 0.717) is 11.6 Å². The number of hydrogen-bond acceptors (Lipinski definition) is 5. The lowest BCUT2D eigenvalue weighted by atomic mass is 10.0. The zero-order valence-corrected chi connectivity index (χ0v) is 17.2. The molecular formula is C24H23N3O4. The van der Waals surface area contributed by atoms with Crippen LogP contribution in [-0.4, -0.2) is 40.6 Å². The fraction of sp³-hybridized carbons (Fsp3) is 0.250. The summed E-state index contributed by atoms with van der Waals surface area (Å²) < 4.78 is 6.19. The SMILES string of the molecule is COC(=O)C(=O)C(Cc1ccccc1)NC(=O)c1cc(C2CC2)nn1-c1ccccc1. The van der Waals surface area contributed by atoms with Crippen LogP contribution in [0.2, 0.25) is 0 Å². The van der Waals surface area contributed by atoms with Crippen molar-refractivity contribution in [1.29, 1.82) is 0 Å². The number of nitrogens with one attached hydrogen (secondary N) is 1. The van der Waals surface area contributed by atoms with Gasteiger partial charge in [-0.25, -0.2) is 9.48 Å². The predicted molar refractivity (Wildman–Crippen MR) is 114 cm³/mol. The third-order valence-electron chi connectivity index (χ3n) is 5.25. The Bertz CT molecular complexity index is 1090. The van der Waals surface area contributed by atoms with Crippen LogP contribution in [0.1, 0.15) is 40.5 Å². The molecule has 1 atom stereocenters. The van der Waals surface area contributed by atoms with Gasteiger partial charge in [0.25, 0.3) is 11.7 Å². The second kappa shape index (κ2) is 8.95. The minimum absolute atomic E-state index is 0.176. The van der Waals surface area contributed by atoms with Crippen LogP contribution in [-0.2, 0) is 20.7 Å². The van der Waals surface area contributed by atoms with E-state index in [2.05, 4.69) is 15.2 Å². The molecule has 0 saturated heterocycles. The third kappa shape index (κ3) is 4.71. The molecule has 4 rings (SSSR count). The number of carbonyl (C=O) groups excluding carboxylic acids is 3. The first-order valence-corrected chi connectivity index (χ1v) is 10.2. The highest BCUT2D eigenvalue weighted by atomic mass is 16.5. The molecule has 158 valence electrons. The summed E-state index contributed by atoms with van der Waals surface area (Å²) in [6.07, 6.45) is 2.27. The molecule has 1 amide bonds. The largest absolute Gasteiger partial charge is 0.463 e. The number of carbonyl (C=O) groups is 3. The van der Waals surface area contributed by atoms with E-state index in [9.17, 15) is 14.4 Å². The van der Waals surface area contributed by atoms with Crippen LogP contribution in [0.3, 0.4) is 0 Å². The van der Waals surface area contributed by atoms with Crippen molar-refractivity contribution >= 4 is 17.7 Å². The normalized spacial score (nSPS) is 14.0. The molecule has 1 N–H and O–H groups in total. The molecule has 1 heterocycles. The van der Waals surface area contributed by atoms with Crippen LogP contribution in [0.4, 0.5) is 0 Å². The number of Topliss-reactive ketones (excluding diaryl/α,β-unsaturated/α-hetero) is 1. The maximum atomic E-state index is 13.2. The molecule has 3 aromatic rings. The van der Waals surface area contributed by atoms with Crippen LogP contribution < -0.4 is 5.32 Å². The van der Waals surface area contributed by atoms with Gasteiger partial charge in [0.05, 0.1) is 18.5 Å². The second-order valence-corrected chi connectivity index (χ2v) is 7.55. The first kappa shape index (κ1) is 20.5. The Hall–Kier alpha value is -3.74. The first-order chi connectivity index (χ1) is 15.1. The molecule has 0 radical (unpaired) electrons. The summed E-state index contributed by atoms with van der Waals surface area (Å²) in [5.41, 5.74) is 2.75. The van der Waals surface area contributed by atoms with Crippen LogP contribution in [0, 0.1) is 0 Å². The molecule has 1 fully saturated rings. The summed E-state index contributed by atoms with van der Waals surface area (Å²) in [5.74, 6) is -1.90. The van der Waals surface area contributed by atoms with E-state index >= 15 is 0 Å². The van der Waals surface area contributed by atoms with Gasteiger partial charge >= 0.3 is 5.97 Å². The number of esters is 1. The third-order valence-corrected chi connectivity index (χ3v) is 5.25. The minimum atomic E-state index is -1.05. The Labute approximate surface area is 180 Å². The van der Waals surface area contributed by atoms with Crippen LogP contribution in [0.15, 0.2) is 66.7 Å². The van der Waals surface area contributed by atoms with Crippen molar-refractivity contribution in [1.82, 2.24) is 15.1 Å². The van der Waals surface area contributed by atoms with E-state index in [4.69, 9.17) is 0 Å². The monoisotopic (exact) mass is 417 g/mol. The highest BCUT2D eigenvalue weighted by molar-refractivity contribution is 6.36. The van der Waals surface area contributed by atoms with Gasteiger partial charge in [-0.3, -0.25) is 9.59 Å². The summed E-state index contributed by atoms with van der Waals surface area (Å²) in [4.78, 5) is 37.8. The molecule has 7 heteroatoms. The predicted octanol–water partition coefficient (Wildman–Crippen LogP) is 2.83. The summed E-state index contributed by atoms with van der Waals surface area (Å²) in [6.45, 7) is 0. The molecule has 0 aliphatic heterocycles. The maximum absolute atomic E-state index is 13.2. The van der Waals surface area contributed by atoms with Gasteiger partial charge in [-0.1, -0.05) is 48.5 Å². The summed E-state index contributed by atoms with van der Waals surface area (Å²) in [6, 6.07) is 19.3. The Kier molecular flexibility index (Phi) is 5.93. The molecule has 0 bridgehead atoms. The molecule has 2 aromatic carbocycles. The highest BCUT2D eigenvalue weighted by Gasteiger charge is 2.32. The molecule has 7 nitrogen and oxygen atoms in total. The van der Waals surface area contributed by atoms with Crippen LogP contribution in [0.5, 0.6) is 0 Å². The second-order valence-electron chi connectivity index (χ2n) is 7.55. The highest BCUT2D eigenvalue weighted by Crippen LogP contribution is 2.39. The van der Waals surface area contributed by atoms with E-state index in [1.807, 2.05) is 60.7 Å². The zero-order valence-electron chi connectivity index (χ0n) is 17.2. The fourth-order valence-corrected chi connectivity index (χ4v) is 3.44. The number of para-hydroxylation sites is 1. The van der Waals surface area contributed by atoms with Crippen molar-refractivity contribution < 1.29 is 19.1 Å². The summed E-state index contributed by atoms with van der Waals surface area (Å²) in [5, 5.41) is 7.36. The lowest BCUT2D eigenvalue weighted by Crippen LogP contribution is -2.46. The van der Waals surface area contributed by atoms with Gasteiger partial charge in [-0.15, -0.1) is 0 Å². The van der Waals surface area contributed by atoms with Gasteiger partial charge in [-0.2, -0.15) is 5.10 Å². The van der Waals surface area contributed by atoms with Crippen LogP contribution in [0.25, 0.3) is 5.69 Å². The fourth-order valence-electron chi connectivity index (χ4n) is 3.44. The molecule has 1 saturated carbocycles. The Morgan fingerprint density at radius 1 is 1.06 bits per heavy atom. The standard InChI is InChI=1S/C24H23N3O4/c1-31-24(30)22(28)20(14-16-8-4-2-5-9-16)25-23(29)21-15-19(17-12-13-17)26-27(21)18-10-6-3-7-11-18/h2-11,15,17,20H,12-14H2,1H3,(H,25,29). The zero-order chi connectivity index (χ0) is 21.8. The number of benzene rings is 2.